The number of benzene rings is 2. The van der Waals surface area contributed by atoms with Crippen molar-refractivity contribution in [3.63, 3.8) is 0 Å². The van der Waals surface area contributed by atoms with Crippen LogP contribution in [0.1, 0.15) is 114 Å². The highest BCUT2D eigenvalue weighted by molar-refractivity contribution is 7.51. The van der Waals surface area contributed by atoms with Crippen molar-refractivity contribution in [2.45, 2.75) is 123 Å². The summed E-state index contributed by atoms with van der Waals surface area (Å²) in [5, 5.41) is 2.11. The standard InChI is InChI=1S/C37H57N2O7P/c1-2-3-4-5-6-7-8-9-10-11-12-13-14-17-26-45-27-19-24-39-36(40)34(29-33-22-18-21-32-20-15-16-23-35(32)33)30-38(37(39)41)25-28-46-31-47(42,43)44/h15-16,18,20-23,30H,2-14,17,19,24-29,31H2,1H3,(H2,42,43,44). The molecule has 0 bridgehead atoms. The first-order valence-corrected chi connectivity index (χ1v) is 19.6. The van der Waals surface area contributed by atoms with Crippen LogP contribution < -0.4 is 11.2 Å². The van der Waals surface area contributed by atoms with Gasteiger partial charge in [-0.15, -0.1) is 0 Å². The normalized spacial score (nSPS) is 11.9. The molecule has 0 unspecified atom stereocenters. The molecule has 0 atom stereocenters. The van der Waals surface area contributed by atoms with Crippen LogP contribution in [0.5, 0.6) is 0 Å². The van der Waals surface area contributed by atoms with Crippen molar-refractivity contribution in [1.29, 1.82) is 0 Å². The molecule has 3 rings (SSSR count). The van der Waals surface area contributed by atoms with E-state index in [2.05, 4.69) is 6.92 Å². The number of nitrogens with zero attached hydrogens (tertiary/aromatic N) is 2. The number of hydrogen-bond acceptors (Lipinski definition) is 5. The minimum Gasteiger partial charge on any atom is -0.381 e. The Hall–Kier alpha value is -2.55. The van der Waals surface area contributed by atoms with E-state index in [0.717, 1.165) is 29.2 Å². The van der Waals surface area contributed by atoms with Crippen LogP contribution in [0.25, 0.3) is 10.8 Å². The average molecular weight is 673 g/mol. The summed E-state index contributed by atoms with van der Waals surface area (Å²) in [5.74, 6) is 0. The maximum atomic E-state index is 13.5. The lowest BCUT2D eigenvalue weighted by Gasteiger charge is -2.14. The minimum atomic E-state index is -4.32. The Kier molecular flexibility index (Phi) is 18.3. The van der Waals surface area contributed by atoms with Crippen molar-refractivity contribution >= 4 is 18.4 Å². The summed E-state index contributed by atoms with van der Waals surface area (Å²) >= 11 is 0. The van der Waals surface area contributed by atoms with E-state index in [4.69, 9.17) is 19.3 Å². The van der Waals surface area contributed by atoms with E-state index in [1.807, 2.05) is 42.5 Å². The molecule has 47 heavy (non-hydrogen) atoms. The molecule has 0 spiro atoms. The zero-order chi connectivity index (χ0) is 33.7. The van der Waals surface area contributed by atoms with Gasteiger partial charge in [-0.3, -0.25) is 18.5 Å². The first-order chi connectivity index (χ1) is 22.8. The molecule has 9 nitrogen and oxygen atoms in total. The van der Waals surface area contributed by atoms with Gasteiger partial charge in [0.2, 0.25) is 0 Å². The highest BCUT2D eigenvalue weighted by Crippen LogP contribution is 2.33. The Balaban J connectivity index is 1.44. The van der Waals surface area contributed by atoms with Gasteiger partial charge in [0.1, 0.15) is 6.35 Å². The van der Waals surface area contributed by atoms with Gasteiger partial charge in [-0.1, -0.05) is 133 Å². The molecule has 0 amide bonds. The highest BCUT2D eigenvalue weighted by Gasteiger charge is 2.15. The number of aromatic nitrogens is 2. The number of hydrogen-bond donors (Lipinski definition) is 2. The molecule has 0 saturated carbocycles. The SMILES string of the molecule is CCCCCCCCCCCCCCCCOCCCn1c(=O)c(Cc2cccc3ccccc23)cn(CCOCP(=O)(O)O)c1=O. The van der Waals surface area contributed by atoms with Gasteiger partial charge in [0, 0.05) is 37.9 Å². The summed E-state index contributed by atoms with van der Waals surface area (Å²) in [4.78, 5) is 45.0. The summed E-state index contributed by atoms with van der Waals surface area (Å²) in [7, 11) is -4.32. The fraction of sp³-hybridized carbons (Fsp3) is 0.622. The summed E-state index contributed by atoms with van der Waals surface area (Å²) in [5.41, 5.74) is 0.649. The molecule has 0 fully saturated rings. The van der Waals surface area contributed by atoms with Crippen LogP contribution in [0.4, 0.5) is 0 Å². The Morgan fingerprint density at radius 2 is 1.26 bits per heavy atom. The first kappa shape index (κ1) is 38.9. The Morgan fingerprint density at radius 3 is 1.91 bits per heavy atom. The van der Waals surface area contributed by atoms with Gasteiger partial charge in [0.25, 0.3) is 5.56 Å². The molecule has 0 aliphatic heterocycles. The van der Waals surface area contributed by atoms with E-state index in [1.54, 1.807) is 6.20 Å². The molecule has 10 heteroatoms. The van der Waals surface area contributed by atoms with Gasteiger partial charge in [0.15, 0.2) is 0 Å². The smallest absolute Gasteiger partial charge is 0.350 e. The largest absolute Gasteiger partial charge is 0.381 e. The van der Waals surface area contributed by atoms with Crippen molar-refractivity contribution in [3.8, 4) is 0 Å². The van der Waals surface area contributed by atoms with Gasteiger partial charge in [-0.05, 0) is 29.2 Å². The van der Waals surface area contributed by atoms with Crippen LogP contribution in [-0.2, 0) is 33.5 Å². The summed E-state index contributed by atoms with van der Waals surface area (Å²) in [6.45, 7) is 3.62. The zero-order valence-corrected chi connectivity index (χ0v) is 29.3. The lowest BCUT2D eigenvalue weighted by atomic mass is 10.00. The lowest BCUT2D eigenvalue weighted by Crippen LogP contribution is -2.42. The molecule has 0 saturated heterocycles. The summed E-state index contributed by atoms with van der Waals surface area (Å²) in [6.07, 6.45) is 20.1. The second-order valence-electron chi connectivity index (χ2n) is 12.7. The predicted octanol–water partition coefficient (Wildman–Crippen LogP) is 7.79. The number of unbranched alkanes of at least 4 members (excludes halogenated alkanes) is 13. The number of fused-ring (bicyclic) bond motifs is 1. The van der Waals surface area contributed by atoms with Gasteiger partial charge < -0.3 is 19.3 Å². The molecular weight excluding hydrogens is 615 g/mol. The molecule has 2 N–H and O–H groups in total. The molecule has 1 aromatic heterocycles. The van der Waals surface area contributed by atoms with Gasteiger partial charge in [-0.2, -0.15) is 0 Å². The summed E-state index contributed by atoms with van der Waals surface area (Å²) < 4.78 is 24.8. The van der Waals surface area contributed by atoms with E-state index in [-0.39, 0.29) is 25.3 Å². The Bertz CT molecular complexity index is 1470. The van der Waals surface area contributed by atoms with E-state index < -0.39 is 19.6 Å². The van der Waals surface area contributed by atoms with Crippen LogP contribution in [0.15, 0.2) is 58.3 Å². The van der Waals surface area contributed by atoms with E-state index in [0.29, 0.717) is 31.6 Å². The molecule has 0 radical (unpaired) electrons. The van der Waals surface area contributed by atoms with E-state index in [9.17, 15) is 14.2 Å². The van der Waals surface area contributed by atoms with Crippen molar-refractivity contribution in [3.05, 3.63) is 80.6 Å². The molecule has 3 aromatic rings. The molecule has 0 aliphatic carbocycles. The fourth-order valence-electron chi connectivity index (χ4n) is 6.02. The van der Waals surface area contributed by atoms with Crippen LogP contribution in [-0.4, -0.2) is 45.1 Å². The fourth-order valence-corrected chi connectivity index (χ4v) is 6.38. The monoisotopic (exact) mass is 672 g/mol. The zero-order valence-electron chi connectivity index (χ0n) is 28.5. The second kappa shape index (κ2) is 22.2. The molecule has 2 aromatic carbocycles. The third kappa shape index (κ3) is 15.0. The van der Waals surface area contributed by atoms with Crippen molar-refractivity contribution in [2.75, 3.05) is 26.2 Å². The van der Waals surface area contributed by atoms with E-state index >= 15 is 0 Å². The topological polar surface area (TPSA) is 120 Å². The molecule has 1 heterocycles. The molecular formula is C37H57N2O7P. The van der Waals surface area contributed by atoms with Crippen LogP contribution >= 0.6 is 7.60 Å². The van der Waals surface area contributed by atoms with Crippen LogP contribution in [0, 0.1) is 0 Å². The minimum absolute atomic E-state index is 0.0667. The van der Waals surface area contributed by atoms with Crippen molar-refractivity contribution in [2.24, 2.45) is 0 Å². The first-order valence-electron chi connectivity index (χ1n) is 17.8. The maximum absolute atomic E-state index is 13.5. The molecule has 0 aliphatic rings. The number of ether oxygens (including phenoxy) is 2. The number of rotatable bonds is 26. The third-order valence-electron chi connectivity index (χ3n) is 8.62. The third-order valence-corrected chi connectivity index (χ3v) is 9.14. The van der Waals surface area contributed by atoms with E-state index in [1.165, 1.54) is 86.2 Å². The average Bonchev–Trinajstić information content (AvgIpc) is 3.05. The van der Waals surface area contributed by atoms with Crippen molar-refractivity contribution in [1.82, 2.24) is 9.13 Å². The Morgan fingerprint density at radius 1 is 0.660 bits per heavy atom. The summed E-state index contributed by atoms with van der Waals surface area (Å²) in [6, 6.07) is 13.9. The predicted molar refractivity (Wildman–Crippen MR) is 190 cm³/mol. The van der Waals surface area contributed by atoms with Gasteiger partial charge in [-0.25, -0.2) is 4.79 Å². The lowest BCUT2D eigenvalue weighted by molar-refractivity contribution is 0.123. The molecule has 262 valence electrons. The maximum Gasteiger partial charge on any atom is 0.350 e. The van der Waals surface area contributed by atoms with Crippen LogP contribution in [0.3, 0.4) is 0 Å². The van der Waals surface area contributed by atoms with Crippen molar-refractivity contribution < 1.29 is 23.8 Å². The van der Waals surface area contributed by atoms with Crippen LogP contribution in [0.2, 0.25) is 0 Å². The quantitative estimate of drug-likeness (QED) is 0.0660. The van der Waals surface area contributed by atoms with Gasteiger partial charge >= 0.3 is 13.3 Å². The highest BCUT2D eigenvalue weighted by atomic mass is 31.2. The second-order valence-corrected chi connectivity index (χ2v) is 14.3. The van der Waals surface area contributed by atoms with Gasteiger partial charge in [0.05, 0.1) is 13.2 Å². The Labute approximate surface area is 280 Å².